The van der Waals surface area contributed by atoms with Crippen molar-refractivity contribution in [3.8, 4) is 0 Å². The molecule has 3 amide bonds. The summed E-state index contributed by atoms with van der Waals surface area (Å²) in [6.45, 7) is 3.53. The van der Waals surface area contributed by atoms with E-state index in [1.54, 1.807) is 16.7 Å². The maximum Gasteiger partial charge on any atom is 0.410 e. The lowest BCUT2D eigenvalue weighted by Gasteiger charge is -2.41. The highest BCUT2D eigenvalue weighted by Gasteiger charge is 2.52. The van der Waals surface area contributed by atoms with E-state index in [1.807, 2.05) is 30.3 Å². The first-order chi connectivity index (χ1) is 16.4. The van der Waals surface area contributed by atoms with E-state index in [9.17, 15) is 19.5 Å². The maximum atomic E-state index is 13.1. The number of amides is 3. The topological polar surface area (TPSA) is 99.6 Å². The van der Waals surface area contributed by atoms with Crippen LogP contribution in [0.2, 0.25) is 0 Å². The molecule has 5 rings (SSSR count). The van der Waals surface area contributed by atoms with Crippen LogP contribution < -0.4 is 0 Å². The average Bonchev–Trinajstić information content (AvgIpc) is 3.51. The van der Waals surface area contributed by atoms with Gasteiger partial charge in [0.15, 0.2) is 6.23 Å². The number of ether oxygens (including phenoxy) is 2. The molecule has 1 N–H and O–H groups in total. The van der Waals surface area contributed by atoms with Crippen molar-refractivity contribution in [2.75, 3.05) is 26.2 Å². The fourth-order valence-corrected chi connectivity index (χ4v) is 5.45. The first-order valence-electron chi connectivity index (χ1n) is 12.2. The lowest BCUT2D eigenvalue weighted by molar-refractivity contribution is -0.152. The predicted molar refractivity (Wildman–Crippen MR) is 121 cm³/mol. The number of piperazine rings is 1. The Kier molecular flexibility index (Phi) is 6.24. The molecular weight excluding hydrogens is 438 g/mol. The van der Waals surface area contributed by atoms with E-state index in [2.05, 4.69) is 0 Å². The summed E-state index contributed by atoms with van der Waals surface area (Å²) in [6.07, 6.45) is 2.30. The van der Waals surface area contributed by atoms with Crippen molar-refractivity contribution < 1.29 is 29.0 Å². The van der Waals surface area contributed by atoms with E-state index in [0.717, 1.165) is 24.8 Å². The van der Waals surface area contributed by atoms with Gasteiger partial charge in [0.1, 0.15) is 12.6 Å². The minimum atomic E-state index is -0.661. The second-order valence-corrected chi connectivity index (χ2v) is 10.1. The number of likely N-dealkylation sites (tertiary alicyclic amines) is 1. The molecule has 0 radical (unpaired) electrons. The van der Waals surface area contributed by atoms with Gasteiger partial charge in [-0.3, -0.25) is 14.5 Å². The summed E-state index contributed by atoms with van der Waals surface area (Å²) >= 11 is 0. The first-order valence-corrected chi connectivity index (χ1v) is 12.2. The lowest BCUT2D eigenvalue weighted by atomic mass is 9.90. The van der Waals surface area contributed by atoms with Crippen LogP contribution in [0.3, 0.4) is 0 Å². The van der Waals surface area contributed by atoms with Crippen molar-refractivity contribution in [2.24, 2.45) is 5.41 Å². The van der Waals surface area contributed by atoms with Gasteiger partial charge in [0.05, 0.1) is 25.3 Å². The zero-order valence-electron chi connectivity index (χ0n) is 19.6. The molecule has 1 saturated carbocycles. The molecule has 1 aromatic rings. The molecule has 184 valence electrons. The highest BCUT2D eigenvalue weighted by Crippen LogP contribution is 2.53. The Bertz CT molecular complexity index is 936. The van der Waals surface area contributed by atoms with Crippen LogP contribution in [0.15, 0.2) is 30.3 Å². The Hall–Kier alpha value is -2.65. The number of hydrogen-bond acceptors (Lipinski definition) is 6. The van der Waals surface area contributed by atoms with Gasteiger partial charge in [0.25, 0.3) is 0 Å². The molecule has 4 fully saturated rings. The largest absolute Gasteiger partial charge is 0.445 e. The lowest BCUT2D eigenvalue weighted by Crippen LogP contribution is -2.62. The van der Waals surface area contributed by atoms with E-state index in [1.165, 1.54) is 4.90 Å². The molecule has 3 heterocycles. The minimum Gasteiger partial charge on any atom is -0.445 e. The molecule has 0 bridgehead atoms. The fourth-order valence-electron chi connectivity index (χ4n) is 5.45. The minimum absolute atomic E-state index is 0.0154. The smallest absolute Gasteiger partial charge is 0.410 e. The Morgan fingerprint density at radius 2 is 1.94 bits per heavy atom. The van der Waals surface area contributed by atoms with E-state index in [4.69, 9.17) is 9.47 Å². The number of nitrogens with zero attached hydrogens (tertiary/aromatic N) is 3. The number of carbonyl (C=O) groups excluding carboxylic acids is 3. The van der Waals surface area contributed by atoms with Gasteiger partial charge in [-0.1, -0.05) is 30.3 Å². The van der Waals surface area contributed by atoms with Gasteiger partial charge in [-0.05, 0) is 43.6 Å². The summed E-state index contributed by atoms with van der Waals surface area (Å²) in [5, 5.41) is 10.4. The van der Waals surface area contributed by atoms with Gasteiger partial charge in [0.2, 0.25) is 11.8 Å². The molecule has 3 aliphatic heterocycles. The molecule has 1 aliphatic carbocycles. The molecule has 1 spiro atoms. The normalized spacial score (nSPS) is 29.8. The zero-order chi connectivity index (χ0) is 23.9. The third-order valence-corrected chi connectivity index (χ3v) is 7.97. The summed E-state index contributed by atoms with van der Waals surface area (Å²) in [5.41, 5.74) is 0.942. The van der Waals surface area contributed by atoms with E-state index < -0.39 is 24.5 Å². The SMILES string of the molecule is CC1C(=O)N2C(CCC(=O)N3CCC4(CC4)C(O)C3)COC2CN1C(=O)OCc1ccccc1. The van der Waals surface area contributed by atoms with Crippen LogP contribution in [-0.2, 0) is 25.7 Å². The van der Waals surface area contributed by atoms with Crippen molar-refractivity contribution >= 4 is 17.9 Å². The summed E-state index contributed by atoms with van der Waals surface area (Å²) in [7, 11) is 0. The highest BCUT2D eigenvalue weighted by atomic mass is 16.6. The molecular formula is C25H33N3O6. The standard InChI is InChI=1S/C25H33N3O6/c1-17-23(31)28-19(7-8-21(30)26-12-11-25(9-10-25)20(29)13-26)16-33-22(28)14-27(17)24(32)34-15-18-5-3-2-4-6-18/h2-6,17,19-20,22,29H,7-16H2,1H3. The molecule has 3 saturated heterocycles. The molecule has 4 atom stereocenters. The van der Waals surface area contributed by atoms with Crippen LogP contribution >= 0.6 is 0 Å². The number of piperidine rings is 1. The van der Waals surface area contributed by atoms with Crippen molar-refractivity contribution in [3.63, 3.8) is 0 Å². The fraction of sp³-hybridized carbons (Fsp3) is 0.640. The zero-order valence-corrected chi connectivity index (χ0v) is 19.6. The third kappa shape index (κ3) is 4.38. The number of rotatable bonds is 5. The van der Waals surface area contributed by atoms with E-state index in [-0.39, 0.29) is 36.4 Å². The number of benzene rings is 1. The van der Waals surface area contributed by atoms with Crippen molar-refractivity contribution in [1.82, 2.24) is 14.7 Å². The van der Waals surface area contributed by atoms with E-state index >= 15 is 0 Å². The summed E-state index contributed by atoms with van der Waals surface area (Å²) in [6, 6.07) is 8.54. The summed E-state index contributed by atoms with van der Waals surface area (Å²) < 4.78 is 11.3. The van der Waals surface area contributed by atoms with Crippen molar-refractivity contribution in [1.29, 1.82) is 0 Å². The van der Waals surface area contributed by atoms with Gasteiger partial charge >= 0.3 is 6.09 Å². The van der Waals surface area contributed by atoms with Crippen LogP contribution in [0.4, 0.5) is 4.79 Å². The summed E-state index contributed by atoms with van der Waals surface area (Å²) in [4.78, 5) is 43.5. The van der Waals surface area contributed by atoms with Gasteiger partial charge in [-0.2, -0.15) is 0 Å². The van der Waals surface area contributed by atoms with Gasteiger partial charge in [-0.15, -0.1) is 0 Å². The second-order valence-electron chi connectivity index (χ2n) is 10.1. The van der Waals surface area contributed by atoms with Crippen LogP contribution in [0, 0.1) is 5.41 Å². The maximum absolute atomic E-state index is 13.1. The van der Waals surface area contributed by atoms with Crippen molar-refractivity contribution in [2.45, 2.75) is 70.1 Å². The predicted octanol–water partition coefficient (Wildman–Crippen LogP) is 1.73. The molecule has 0 aromatic heterocycles. The van der Waals surface area contributed by atoms with Crippen molar-refractivity contribution in [3.05, 3.63) is 35.9 Å². The third-order valence-electron chi connectivity index (χ3n) is 7.97. The number of hydrogen-bond donors (Lipinski definition) is 1. The number of aliphatic hydroxyl groups excluding tert-OH is 1. The number of aliphatic hydroxyl groups is 1. The van der Waals surface area contributed by atoms with Crippen LogP contribution in [0.5, 0.6) is 0 Å². The molecule has 4 unspecified atom stereocenters. The molecule has 34 heavy (non-hydrogen) atoms. The Morgan fingerprint density at radius 1 is 1.18 bits per heavy atom. The number of fused-ring (bicyclic) bond motifs is 1. The molecule has 9 heteroatoms. The van der Waals surface area contributed by atoms with Crippen LogP contribution in [-0.4, -0.2) is 88.4 Å². The Labute approximate surface area is 199 Å². The average molecular weight is 472 g/mol. The monoisotopic (exact) mass is 471 g/mol. The van der Waals surface area contributed by atoms with Crippen LogP contribution in [0.1, 0.15) is 44.6 Å². The molecule has 9 nitrogen and oxygen atoms in total. The summed E-state index contributed by atoms with van der Waals surface area (Å²) in [5.74, 6) is -0.173. The quantitative estimate of drug-likeness (QED) is 0.702. The number of carbonyl (C=O) groups is 3. The molecule has 4 aliphatic rings. The Balaban J connectivity index is 1.13. The second kappa shape index (κ2) is 9.19. The first kappa shape index (κ1) is 23.1. The Morgan fingerprint density at radius 3 is 2.65 bits per heavy atom. The van der Waals surface area contributed by atoms with Gasteiger partial charge in [-0.25, -0.2) is 4.79 Å². The van der Waals surface area contributed by atoms with Gasteiger partial charge in [0, 0.05) is 19.5 Å². The number of β-amino-alcohol motifs (C(OH)–C–C–N with tert-alkyl or cyclic N) is 1. The molecule has 1 aromatic carbocycles. The van der Waals surface area contributed by atoms with Crippen LogP contribution in [0.25, 0.3) is 0 Å². The van der Waals surface area contributed by atoms with Gasteiger partial charge < -0.3 is 24.4 Å². The van der Waals surface area contributed by atoms with E-state index in [0.29, 0.717) is 32.5 Å². The highest BCUT2D eigenvalue weighted by molar-refractivity contribution is 5.87.